The average Bonchev–Trinajstić information content (AvgIpc) is 1.95. The Morgan fingerprint density at radius 1 is 1.45 bits per heavy atom. The van der Waals surface area contributed by atoms with Crippen LogP contribution in [0.2, 0.25) is 0 Å². The molecule has 0 unspecified atom stereocenters. The lowest BCUT2D eigenvalue weighted by molar-refractivity contribution is 0.916. The minimum atomic E-state index is 1.07. The molecule has 59 valence electrons. The van der Waals surface area contributed by atoms with Crippen molar-refractivity contribution in [3.63, 3.8) is 0 Å². The van der Waals surface area contributed by atoms with E-state index in [1.807, 2.05) is 0 Å². The summed E-state index contributed by atoms with van der Waals surface area (Å²) in [5, 5.41) is 0. The van der Waals surface area contributed by atoms with Crippen molar-refractivity contribution in [2.75, 3.05) is 0 Å². The zero-order valence-corrected chi connectivity index (χ0v) is 8.32. The van der Waals surface area contributed by atoms with Gasteiger partial charge in [-0.15, -0.1) is 0 Å². The molecule has 0 nitrogen and oxygen atoms in total. The van der Waals surface area contributed by atoms with Crippen molar-refractivity contribution in [1.29, 1.82) is 0 Å². The molecule has 0 amide bonds. The molecule has 0 saturated carbocycles. The Bertz CT molecular complexity index is 241. The summed E-state index contributed by atoms with van der Waals surface area (Å²) in [5.74, 6) is 0. The molecule has 1 heteroatoms. The van der Waals surface area contributed by atoms with E-state index in [1.165, 1.54) is 16.5 Å². The summed E-state index contributed by atoms with van der Waals surface area (Å²) in [6.07, 6.45) is 2.33. The summed E-state index contributed by atoms with van der Waals surface area (Å²) in [6.45, 7) is 6.04. The molecular weight excluding hydrogens is 200 g/mol. The molecular formula is C10H12Br. The molecule has 0 aliphatic rings. The second-order valence-electron chi connectivity index (χ2n) is 2.68. The van der Waals surface area contributed by atoms with Crippen LogP contribution in [0.4, 0.5) is 0 Å². The maximum Gasteiger partial charge on any atom is 0.0210 e. The molecule has 0 heterocycles. The number of rotatable bonds is 2. The van der Waals surface area contributed by atoms with Crippen LogP contribution in [0.25, 0.3) is 0 Å². The normalized spacial score (nSPS) is 10.1. The van der Waals surface area contributed by atoms with E-state index in [9.17, 15) is 0 Å². The van der Waals surface area contributed by atoms with Crippen molar-refractivity contribution in [3.8, 4) is 0 Å². The second-order valence-corrected chi connectivity index (χ2v) is 3.53. The molecule has 0 aromatic heterocycles. The molecule has 0 aliphatic carbocycles. The summed E-state index contributed by atoms with van der Waals surface area (Å²) in [4.78, 5) is 0. The van der Waals surface area contributed by atoms with Crippen molar-refractivity contribution in [1.82, 2.24) is 0 Å². The lowest BCUT2D eigenvalue weighted by Crippen LogP contribution is -1.85. The molecule has 11 heavy (non-hydrogen) atoms. The predicted octanol–water partition coefficient (Wildman–Crippen LogP) is 3.58. The van der Waals surface area contributed by atoms with Gasteiger partial charge in [-0.2, -0.15) is 0 Å². The van der Waals surface area contributed by atoms with Gasteiger partial charge < -0.3 is 0 Å². The van der Waals surface area contributed by atoms with Crippen LogP contribution < -0.4 is 0 Å². The van der Waals surface area contributed by atoms with Gasteiger partial charge in [-0.25, -0.2) is 0 Å². The van der Waals surface area contributed by atoms with Crippen molar-refractivity contribution in [2.45, 2.75) is 19.8 Å². The topological polar surface area (TPSA) is 0 Å². The fourth-order valence-electron chi connectivity index (χ4n) is 1.06. The van der Waals surface area contributed by atoms with Gasteiger partial charge in [0.05, 0.1) is 0 Å². The SMILES string of the molecule is [CH2]c1ccc(CCC)c(Br)c1. The van der Waals surface area contributed by atoms with Gasteiger partial charge in [-0.1, -0.05) is 41.4 Å². The van der Waals surface area contributed by atoms with Crippen LogP contribution in [-0.4, -0.2) is 0 Å². The Balaban J connectivity index is 2.90. The van der Waals surface area contributed by atoms with Crippen molar-refractivity contribution in [2.24, 2.45) is 0 Å². The molecule has 0 saturated heterocycles. The van der Waals surface area contributed by atoms with Crippen LogP contribution in [0.3, 0.4) is 0 Å². The summed E-state index contributed by atoms with van der Waals surface area (Å²) < 4.78 is 1.19. The van der Waals surface area contributed by atoms with E-state index in [0.29, 0.717) is 0 Å². The molecule has 0 spiro atoms. The van der Waals surface area contributed by atoms with Crippen LogP contribution in [0.1, 0.15) is 24.5 Å². The standard InChI is InChI=1S/C10H12Br/c1-3-4-9-6-5-8(2)7-10(9)11/h5-7H,2-4H2,1H3. The van der Waals surface area contributed by atoms with Crippen LogP contribution in [-0.2, 0) is 6.42 Å². The number of benzene rings is 1. The molecule has 0 aliphatic heterocycles. The first-order chi connectivity index (χ1) is 5.24. The molecule has 0 N–H and O–H groups in total. The maximum absolute atomic E-state index is 3.85. The molecule has 1 radical (unpaired) electrons. The van der Waals surface area contributed by atoms with Gasteiger partial charge >= 0.3 is 0 Å². The fraction of sp³-hybridized carbons (Fsp3) is 0.300. The van der Waals surface area contributed by atoms with E-state index in [4.69, 9.17) is 0 Å². The summed E-state index contributed by atoms with van der Waals surface area (Å²) >= 11 is 3.51. The quantitative estimate of drug-likeness (QED) is 0.702. The van der Waals surface area contributed by atoms with Gasteiger partial charge in [0.25, 0.3) is 0 Å². The summed E-state index contributed by atoms with van der Waals surface area (Å²) in [6, 6.07) is 6.25. The third-order valence-electron chi connectivity index (χ3n) is 1.64. The molecule has 0 bridgehead atoms. The number of hydrogen-bond acceptors (Lipinski definition) is 0. The van der Waals surface area contributed by atoms with E-state index < -0.39 is 0 Å². The summed E-state index contributed by atoms with van der Waals surface area (Å²) in [5.41, 5.74) is 2.44. The highest BCUT2D eigenvalue weighted by atomic mass is 79.9. The third-order valence-corrected chi connectivity index (χ3v) is 2.38. The van der Waals surface area contributed by atoms with Crippen molar-refractivity contribution in [3.05, 3.63) is 40.7 Å². The Morgan fingerprint density at radius 3 is 2.73 bits per heavy atom. The highest BCUT2D eigenvalue weighted by Crippen LogP contribution is 2.19. The minimum Gasteiger partial charge on any atom is -0.0651 e. The lowest BCUT2D eigenvalue weighted by Gasteiger charge is -2.02. The first-order valence-electron chi connectivity index (χ1n) is 3.84. The molecule has 1 aromatic rings. The Labute approximate surface area is 76.8 Å². The van der Waals surface area contributed by atoms with Gasteiger partial charge in [0.1, 0.15) is 0 Å². The zero-order chi connectivity index (χ0) is 8.27. The zero-order valence-electron chi connectivity index (χ0n) is 6.73. The van der Waals surface area contributed by atoms with Gasteiger partial charge in [0.15, 0.2) is 0 Å². The Kier molecular flexibility index (Phi) is 3.13. The highest BCUT2D eigenvalue weighted by molar-refractivity contribution is 9.10. The van der Waals surface area contributed by atoms with Crippen molar-refractivity contribution >= 4 is 15.9 Å². The Hall–Kier alpha value is -0.300. The number of aryl methyl sites for hydroxylation is 1. The van der Waals surface area contributed by atoms with Crippen LogP contribution in [0.15, 0.2) is 22.7 Å². The van der Waals surface area contributed by atoms with Gasteiger partial charge in [-0.05, 0) is 30.5 Å². The minimum absolute atomic E-state index is 1.07. The maximum atomic E-state index is 3.85. The highest BCUT2D eigenvalue weighted by Gasteiger charge is 1.97. The monoisotopic (exact) mass is 211 g/mol. The van der Waals surface area contributed by atoms with E-state index in [-0.39, 0.29) is 0 Å². The predicted molar refractivity (Wildman–Crippen MR) is 52.6 cm³/mol. The smallest absolute Gasteiger partial charge is 0.0210 e. The molecule has 0 fully saturated rings. The average molecular weight is 212 g/mol. The van der Waals surface area contributed by atoms with Crippen LogP contribution >= 0.6 is 15.9 Å². The summed E-state index contributed by atoms with van der Waals surface area (Å²) in [7, 11) is 0. The van der Waals surface area contributed by atoms with Gasteiger partial charge in [0, 0.05) is 4.47 Å². The fourth-order valence-corrected chi connectivity index (χ4v) is 1.69. The molecule has 1 aromatic carbocycles. The lowest BCUT2D eigenvalue weighted by atomic mass is 10.1. The van der Waals surface area contributed by atoms with Gasteiger partial charge in [0.2, 0.25) is 0 Å². The van der Waals surface area contributed by atoms with E-state index in [2.05, 4.69) is 48.0 Å². The number of halogens is 1. The Morgan fingerprint density at radius 2 is 2.18 bits per heavy atom. The van der Waals surface area contributed by atoms with Crippen LogP contribution in [0.5, 0.6) is 0 Å². The first-order valence-corrected chi connectivity index (χ1v) is 4.63. The first kappa shape index (κ1) is 8.79. The second kappa shape index (κ2) is 3.91. The largest absolute Gasteiger partial charge is 0.0651 e. The molecule has 0 atom stereocenters. The van der Waals surface area contributed by atoms with Crippen LogP contribution in [0, 0.1) is 6.92 Å². The number of hydrogen-bond donors (Lipinski definition) is 0. The van der Waals surface area contributed by atoms with E-state index in [1.54, 1.807) is 0 Å². The van der Waals surface area contributed by atoms with E-state index in [0.717, 1.165) is 12.0 Å². The van der Waals surface area contributed by atoms with Gasteiger partial charge in [-0.3, -0.25) is 0 Å². The molecule has 1 rings (SSSR count). The van der Waals surface area contributed by atoms with Crippen molar-refractivity contribution < 1.29 is 0 Å². The third kappa shape index (κ3) is 2.33. The van der Waals surface area contributed by atoms with E-state index >= 15 is 0 Å².